The van der Waals surface area contributed by atoms with Crippen LogP contribution in [0.15, 0.2) is 51.7 Å². The van der Waals surface area contributed by atoms with Crippen LogP contribution in [0.1, 0.15) is 19.3 Å². The lowest BCUT2D eigenvalue weighted by atomic mass is 10.1. The van der Waals surface area contributed by atoms with Crippen LogP contribution in [0, 0.1) is 0 Å². The minimum Gasteiger partial charge on any atom is -0.408 e. The Hall–Kier alpha value is -2.73. The van der Waals surface area contributed by atoms with Gasteiger partial charge in [0.2, 0.25) is 5.91 Å². The van der Waals surface area contributed by atoms with Crippen molar-refractivity contribution < 1.29 is 9.21 Å². The number of halogens is 1. The van der Waals surface area contributed by atoms with Gasteiger partial charge in [-0.05, 0) is 55.7 Å². The van der Waals surface area contributed by atoms with Crippen molar-refractivity contribution in [2.75, 3.05) is 23.3 Å². The van der Waals surface area contributed by atoms with Crippen molar-refractivity contribution in [3.63, 3.8) is 0 Å². The van der Waals surface area contributed by atoms with E-state index in [-0.39, 0.29) is 12.5 Å². The van der Waals surface area contributed by atoms with E-state index in [9.17, 15) is 9.59 Å². The molecule has 27 heavy (non-hydrogen) atoms. The second-order valence-electron chi connectivity index (χ2n) is 6.71. The van der Waals surface area contributed by atoms with Gasteiger partial charge in [-0.1, -0.05) is 11.6 Å². The van der Waals surface area contributed by atoms with Gasteiger partial charge < -0.3 is 14.6 Å². The highest BCUT2D eigenvalue weighted by molar-refractivity contribution is 6.31. The van der Waals surface area contributed by atoms with Crippen LogP contribution in [0.3, 0.4) is 0 Å². The van der Waals surface area contributed by atoms with Crippen molar-refractivity contribution in [1.29, 1.82) is 0 Å². The smallest absolute Gasteiger partial charge is 0.408 e. The third kappa shape index (κ3) is 3.85. The first-order chi connectivity index (χ1) is 13.1. The molecule has 1 N–H and O–H groups in total. The van der Waals surface area contributed by atoms with Crippen LogP contribution in [0.2, 0.25) is 5.02 Å². The summed E-state index contributed by atoms with van der Waals surface area (Å²) in [6.07, 6.45) is 3.73. The van der Waals surface area contributed by atoms with Crippen LogP contribution >= 0.6 is 11.6 Å². The van der Waals surface area contributed by atoms with Gasteiger partial charge >= 0.3 is 5.76 Å². The summed E-state index contributed by atoms with van der Waals surface area (Å²) >= 11 is 5.91. The van der Waals surface area contributed by atoms with E-state index < -0.39 is 5.76 Å². The molecular weight excluding hydrogens is 366 g/mol. The van der Waals surface area contributed by atoms with Gasteiger partial charge in [-0.15, -0.1) is 0 Å². The first-order valence-corrected chi connectivity index (χ1v) is 9.42. The number of hydrogen-bond acceptors (Lipinski definition) is 4. The molecule has 0 aliphatic carbocycles. The predicted molar refractivity (Wildman–Crippen MR) is 107 cm³/mol. The van der Waals surface area contributed by atoms with Gasteiger partial charge in [0.25, 0.3) is 0 Å². The van der Waals surface area contributed by atoms with Gasteiger partial charge in [0, 0.05) is 35.6 Å². The van der Waals surface area contributed by atoms with E-state index in [1.807, 2.05) is 24.3 Å². The quantitative estimate of drug-likeness (QED) is 0.740. The standard InChI is InChI=1S/C20H20ClN3O3/c21-14-4-9-17-18(12-14)27-20(26)24(17)13-19(25)22-15-5-7-16(8-6-15)23-10-2-1-3-11-23/h4-9,12H,1-3,10-11,13H2,(H,22,25). The van der Waals surface area contributed by atoms with Crippen LogP contribution in [-0.4, -0.2) is 23.6 Å². The minimum absolute atomic E-state index is 0.124. The van der Waals surface area contributed by atoms with E-state index >= 15 is 0 Å². The summed E-state index contributed by atoms with van der Waals surface area (Å²) in [5, 5.41) is 3.30. The molecule has 1 fully saturated rings. The van der Waals surface area contributed by atoms with Crippen LogP contribution in [0.25, 0.3) is 11.1 Å². The summed E-state index contributed by atoms with van der Waals surface area (Å²) in [6.45, 7) is 2.03. The van der Waals surface area contributed by atoms with Crippen molar-refractivity contribution in [2.45, 2.75) is 25.8 Å². The average Bonchev–Trinajstić information content (AvgIpc) is 2.97. The first kappa shape index (κ1) is 17.7. The second-order valence-corrected chi connectivity index (χ2v) is 7.15. The molecule has 0 spiro atoms. The number of carbonyl (C=O) groups excluding carboxylic acids is 1. The number of amides is 1. The molecule has 0 saturated carbocycles. The normalized spacial score (nSPS) is 14.5. The molecule has 2 heterocycles. The lowest BCUT2D eigenvalue weighted by Gasteiger charge is -2.28. The summed E-state index contributed by atoms with van der Waals surface area (Å²) < 4.78 is 6.45. The number of rotatable bonds is 4. The molecule has 4 rings (SSSR count). The molecular formula is C20H20ClN3O3. The first-order valence-electron chi connectivity index (χ1n) is 9.04. The van der Waals surface area contributed by atoms with E-state index in [2.05, 4.69) is 10.2 Å². The monoisotopic (exact) mass is 385 g/mol. The number of nitrogens with zero attached hydrogens (tertiary/aromatic N) is 2. The number of hydrogen-bond donors (Lipinski definition) is 1. The van der Waals surface area contributed by atoms with Crippen molar-refractivity contribution in [3.8, 4) is 0 Å². The third-order valence-electron chi connectivity index (χ3n) is 4.80. The Labute approximate surface area is 161 Å². The van der Waals surface area contributed by atoms with Gasteiger partial charge in [-0.25, -0.2) is 4.79 Å². The number of benzene rings is 2. The van der Waals surface area contributed by atoms with Gasteiger partial charge in [-0.3, -0.25) is 9.36 Å². The number of aromatic nitrogens is 1. The number of anilines is 2. The zero-order chi connectivity index (χ0) is 18.8. The van der Waals surface area contributed by atoms with E-state index in [1.54, 1.807) is 18.2 Å². The largest absolute Gasteiger partial charge is 0.420 e. The molecule has 2 aromatic carbocycles. The molecule has 0 unspecified atom stereocenters. The topological polar surface area (TPSA) is 67.5 Å². The summed E-state index contributed by atoms with van der Waals surface area (Å²) in [6, 6.07) is 12.7. The molecule has 1 aliphatic heterocycles. The van der Waals surface area contributed by atoms with Gasteiger partial charge in [-0.2, -0.15) is 0 Å². The number of carbonyl (C=O) groups is 1. The molecule has 1 amide bonds. The highest BCUT2D eigenvalue weighted by atomic mass is 35.5. The highest BCUT2D eigenvalue weighted by Crippen LogP contribution is 2.22. The summed E-state index contributed by atoms with van der Waals surface area (Å²) in [7, 11) is 0. The number of piperidine rings is 1. The Kier molecular flexibility index (Phi) is 4.90. The van der Waals surface area contributed by atoms with E-state index in [0.717, 1.165) is 13.1 Å². The van der Waals surface area contributed by atoms with Crippen LogP contribution in [-0.2, 0) is 11.3 Å². The predicted octanol–water partition coefficient (Wildman–Crippen LogP) is 3.88. The summed E-state index contributed by atoms with van der Waals surface area (Å²) in [5.41, 5.74) is 2.78. The zero-order valence-electron chi connectivity index (χ0n) is 14.8. The second kappa shape index (κ2) is 7.48. The fraction of sp³-hybridized carbons (Fsp3) is 0.300. The van der Waals surface area contributed by atoms with E-state index in [4.69, 9.17) is 16.0 Å². The number of fused-ring (bicyclic) bond motifs is 1. The highest BCUT2D eigenvalue weighted by Gasteiger charge is 2.14. The zero-order valence-corrected chi connectivity index (χ0v) is 15.5. The van der Waals surface area contributed by atoms with Gasteiger partial charge in [0.1, 0.15) is 6.54 Å². The maximum Gasteiger partial charge on any atom is 0.420 e. The van der Waals surface area contributed by atoms with E-state index in [0.29, 0.717) is 21.8 Å². The Balaban J connectivity index is 1.45. The summed E-state index contributed by atoms with van der Waals surface area (Å²) in [4.78, 5) is 26.8. The molecule has 0 atom stereocenters. The van der Waals surface area contributed by atoms with Crippen LogP contribution in [0.4, 0.5) is 11.4 Å². The fourth-order valence-electron chi connectivity index (χ4n) is 3.44. The molecule has 140 valence electrons. The molecule has 0 bridgehead atoms. The van der Waals surface area contributed by atoms with Crippen LogP contribution in [0.5, 0.6) is 0 Å². The Bertz CT molecular complexity index is 1020. The molecule has 6 nitrogen and oxygen atoms in total. The summed E-state index contributed by atoms with van der Waals surface area (Å²) in [5.74, 6) is -0.872. The lowest BCUT2D eigenvalue weighted by Crippen LogP contribution is -2.29. The van der Waals surface area contributed by atoms with Gasteiger partial charge in [0.15, 0.2) is 5.58 Å². The molecule has 1 aromatic heterocycles. The Morgan fingerprint density at radius 1 is 1.07 bits per heavy atom. The maximum atomic E-state index is 12.4. The van der Waals surface area contributed by atoms with Crippen molar-refractivity contribution >= 4 is 40.0 Å². The van der Waals surface area contributed by atoms with Crippen molar-refractivity contribution in [1.82, 2.24) is 4.57 Å². The van der Waals surface area contributed by atoms with Gasteiger partial charge in [0.05, 0.1) is 5.52 Å². The van der Waals surface area contributed by atoms with Crippen LogP contribution < -0.4 is 16.0 Å². The number of oxazole rings is 1. The average molecular weight is 386 g/mol. The molecule has 1 aliphatic rings. The van der Waals surface area contributed by atoms with Crippen molar-refractivity contribution in [3.05, 3.63) is 58.0 Å². The van der Waals surface area contributed by atoms with E-state index in [1.165, 1.54) is 29.5 Å². The Morgan fingerprint density at radius 3 is 2.56 bits per heavy atom. The SMILES string of the molecule is O=C(Cn1c(=O)oc2cc(Cl)ccc21)Nc1ccc(N2CCCCC2)cc1. The van der Waals surface area contributed by atoms with Crippen molar-refractivity contribution in [2.24, 2.45) is 0 Å². The molecule has 3 aromatic rings. The molecule has 1 saturated heterocycles. The fourth-order valence-corrected chi connectivity index (χ4v) is 3.60. The maximum absolute atomic E-state index is 12.4. The molecule has 0 radical (unpaired) electrons. The lowest BCUT2D eigenvalue weighted by molar-refractivity contribution is -0.116. The minimum atomic E-state index is -0.581. The molecule has 7 heteroatoms. The Morgan fingerprint density at radius 2 is 1.81 bits per heavy atom. The number of nitrogens with one attached hydrogen (secondary N) is 1. The third-order valence-corrected chi connectivity index (χ3v) is 5.04.